The molecule has 1 N–H and O–H groups in total. The molecule has 2 aromatic rings. The fourth-order valence-electron chi connectivity index (χ4n) is 2.11. The second-order valence-electron chi connectivity index (χ2n) is 4.49. The van der Waals surface area contributed by atoms with E-state index < -0.39 is 0 Å². The van der Waals surface area contributed by atoms with E-state index in [1.807, 2.05) is 11.3 Å². The number of imidazole rings is 1. The first-order valence-electron chi connectivity index (χ1n) is 5.33. The van der Waals surface area contributed by atoms with E-state index >= 15 is 0 Å². The number of aromatic nitrogens is 2. The van der Waals surface area contributed by atoms with Crippen LogP contribution < -0.4 is 0 Å². The third kappa shape index (κ3) is 1.26. The van der Waals surface area contributed by atoms with Gasteiger partial charge in [-0.3, -0.25) is 0 Å². The Morgan fingerprint density at radius 3 is 3.00 bits per heavy atom. The highest BCUT2D eigenvalue weighted by Crippen LogP contribution is 2.41. The van der Waals surface area contributed by atoms with Crippen LogP contribution in [0.3, 0.4) is 0 Å². The van der Waals surface area contributed by atoms with Gasteiger partial charge in [-0.1, -0.05) is 13.8 Å². The molecule has 0 amide bonds. The maximum absolute atomic E-state index is 4.70. The lowest BCUT2D eigenvalue weighted by molar-refractivity contribution is 0.789. The minimum atomic E-state index is 0.486. The van der Waals surface area contributed by atoms with Gasteiger partial charge in [0.15, 0.2) is 0 Å². The first-order chi connectivity index (χ1) is 7.15. The first-order valence-corrected chi connectivity index (χ1v) is 6.15. The number of nitrogens with one attached hydrogen (secondary N) is 1. The van der Waals surface area contributed by atoms with Gasteiger partial charge in [0.2, 0.25) is 0 Å². The highest BCUT2D eigenvalue weighted by atomic mass is 32.1. The number of rotatable bonds is 1. The van der Waals surface area contributed by atoms with Crippen LogP contribution in [0.1, 0.15) is 41.7 Å². The zero-order chi connectivity index (χ0) is 10.6. The number of aromatic amines is 1. The summed E-state index contributed by atoms with van der Waals surface area (Å²) in [4.78, 5) is 10.9. The van der Waals surface area contributed by atoms with E-state index in [-0.39, 0.29) is 0 Å². The molecule has 0 bridgehead atoms. The quantitative estimate of drug-likeness (QED) is 0.665. The molecule has 0 fully saturated rings. The summed E-state index contributed by atoms with van der Waals surface area (Å²) in [5.74, 6) is 1.61. The molecular formula is C12H14N2S. The van der Waals surface area contributed by atoms with Gasteiger partial charge in [0, 0.05) is 22.9 Å². The molecule has 78 valence electrons. The van der Waals surface area contributed by atoms with Gasteiger partial charge in [0.1, 0.15) is 11.5 Å². The average Bonchev–Trinajstić information content (AvgIpc) is 2.73. The van der Waals surface area contributed by atoms with Crippen LogP contribution in [0.25, 0.3) is 10.6 Å². The van der Waals surface area contributed by atoms with Crippen LogP contribution in [0.4, 0.5) is 0 Å². The normalized spacial score (nSPS) is 13.3. The van der Waals surface area contributed by atoms with Crippen LogP contribution >= 0.6 is 11.3 Å². The molecule has 2 heterocycles. The summed E-state index contributed by atoms with van der Waals surface area (Å²) in [5.41, 5.74) is 3.95. The second-order valence-corrected chi connectivity index (χ2v) is 5.75. The van der Waals surface area contributed by atoms with Crippen molar-refractivity contribution in [1.82, 2.24) is 9.97 Å². The lowest BCUT2D eigenvalue weighted by Gasteiger charge is -1.98. The third-order valence-corrected chi connectivity index (χ3v) is 3.96. The number of hydrogen-bond acceptors (Lipinski definition) is 2. The van der Waals surface area contributed by atoms with E-state index in [1.165, 1.54) is 26.7 Å². The summed E-state index contributed by atoms with van der Waals surface area (Å²) in [6.07, 6.45) is 1.04. The fourth-order valence-corrected chi connectivity index (χ4v) is 3.16. The SMILES string of the molecule is Cc1cc2c(s1)-c1nc(C(C)C)[nH]c1C2. The molecule has 0 atom stereocenters. The fraction of sp³-hybridized carbons (Fsp3) is 0.417. The van der Waals surface area contributed by atoms with Gasteiger partial charge in [0.05, 0.1) is 4.88 Å². The molecule has 0 saturated heterocycles. The van der Waals surface area contributed by atoms with E-state index in [9.17, 15) is 0 Å². The molecule has 0 spiro atoms. The molecule has 2 aromatic heterocycles. The Balaban J connectivity index is 2.14. The average molecular weight is 218 g/mol. The van der Waals surface area contributed by atoms with Crippen molar-refractivity contribution in [3.05, 3.63) is 28.0 Å². The van der Waals surface area contributed by atoms with E-state index in [4.69, 9.17) is 4.98 Å². The molecule has 3 heteroatoms. The van der Waals surface area contributed by atoms with Crippen LogP contribution in [-0.4, -0.2) is 9.97 Å². The molecule has 0 aromatic carbocycles. The zero-order valence-corrected chi connectivity index (χ0v) is 10.0. The van der Waals surface area contributed by atoms with Crippen molar-refractivity contribution in [2.24, 2.45) is 0 Å². The molecule has 1 aliphatic carbocycles. The monoisotopic (exact) mass is 218 g/mol. The molecule has 3 rings (SSSR count). The molecule has 15 heavy (non-hydrogen) atoms. The number of fused-ring (bicyclic) bond motifs is 3. The lowest BCUT2D eigenvalue weighted by atomic mass is 10.2. The van der Waals surface area contributed by atoms with E-state index in [0.29, 0.717) is 5.92 Å². The second kappa shape index (κ2) is 2.95. The van der Waals surface area contributed by atoms with Crippen LogP contribution in [0, 0.1) is 6.92 Å². The standard InChI is InChI=1S/C12H14N2S/c1-6(2)12-13-9-5-8-4-7(3)15-11(8)10(9)14-12/h4,6H,5H2,1-3H3,(H,13,14). The van der Waals surface area contributed by atoms with Crippen LogP contribution in [0.15, 0.2) is 6.07 Å². The predicted octanol–water partition coefficient (Wildman–Crippen LogP) is 3.47. The van der Waals surface area contributed by atoms with E-state index in [2.05, 4.69) is 31.8 Å². The van der Waals surface area contributed by atoms with Crippen molar-refractivity contribution in [3.8, 4) is 10.6 Å². The number of nitrogens with zero attached hydrogens (tertiary/aromatic N) is 1. The largest absolute Gasteiger partial charge is 0.345 e. The summed E-state index contributed by atoms with van der Waals surface area (Å²) in [6, 6.07) is 2.28. The van der Waals surface area contributed by atoms with Gasteiger partial charge in [-0.05, 0) is 18.6 Å². The van der Waals surface area contributed by atoms with Crippen LogP contribution in [0.5, 0.6) is 0 Å². The van der Waals surface area contributed by atoms with Crippen molar-refractivity contribution in [2.45, 2.75) is 33.1 Å². The highest BCUT2D eigenvalue weighted by molar-refractivity contribution is 7.15. The molecule has 2 nitrogen and oxygen atoms in total. The number of thiophene rings is 1. The van der Waals surface area contributed by atoms with Crippen molar-refractivity contribution in [3.63, 3.8) is 0 Å². The van der Waals surface area contributed by atoms with Gasteiger partial charge in [0.25, 0.3) is 0 Å². The predicted molar refractivity (Wildman–Crippen MR) is 63.5 cm³/mol. The summed E-state index contributed by atoms with van der Waals surface area (Å²) in [5, 5.41) is 0. The minimum Gasteiger partial charge on any atom is -0.345 e. The van der Waals surface area contributed by atoms with Crippen molar-refractivity contribution in [2.75, 3.05) is 0 Å². The van der Waals surface area contributed by atoms with Gasteiger partial charge in [-0.15, -0.1) is 11.3 Å². The summed E-state index contributed by atoms with van der Waals surface area (Å²) in [6.45, 7) is 6.52. The van der Waals surface area contributed by atoms with Crippen molar-refractivity contribution < 1.29 is 0 Å². The minimum absolute atomic E-state index is 0.486. The Labute approximate surface area is 93.4 Å². The highest BCUT2D eigenvalue weighted by Gasteiger charge is 2.25. The Hall–Kier alpha value is -1.09. The van der Waals surface area contributed by atoms with Gasteiger partial charge < -0.3 is 4.98 Å². The van der Waals surface area contributed by atoms with Crippen LogP contribution in [0.2, 0.25) is 0 Å². The Morgan fingerprint density at radius 1 is 1.47 bits per heavy atom. The molecule has 0 radical (unpaired) electrons. The maximum atomic E-state index is 4.70. The summed E-state index contributed by atoms with van der Waals surface area (Å²) >= 11 is 1.86. The Bertz CT molecular complexity index is 520. The third-order valence-electron chi connectivity index (χ3n) is 2.86. The number of aryl methyl sites for hydroxylation is 1. The maximum Gasteiger partial charge on any atom is 0.109 e. The lowest BCUT2D eigenvalue weighted by Crippen LogP contribution is -1.91. The zero-order valence-electron chi connectivity index (χ0n) is 9.22. The number of hydrogen-bond donors (Lipinski definition) is 1. The topological polar surface area (TPSA) is 28.7 Å². The molecule has 0 saturated carbocycles. The molecule has 1 aliphatic rings. The van der Waals surface area contributed by atoms with Crippen LogP contribution in [-0.2, 0) is 6.42 Å². The number of H-pyrrole nitrogens is 1. The van der Waals surface area contributed by atoms with Gasteiger partial charge >= 0.3 is 0 Å². The van der Waals surface area contributed by atoms with Crippen molar-refractivity contribution >= 4 is 11.3 Å². The van der Waals surface area contributed by atoms with Gasteiger partial charge in [-0.25, -0.2) is 4.98 Å². The molecular weight excluding hydrogens is 204 g/mol. The summed E-state index contributed by atoms with van der Waals surface area (Å²) < 4.78 is 0. The molecule has 0 aliphatic heterocycles. The van der Waals surface area contributed by atoms with E-state index in [1.54, 1.807) is 0 Å². The smallest absolute Gasteiger partial charge is 0.109 e. The Morgan fingerprint density at radius 2 is 2.27 bits per heavy atom. The van der Waals surface area contributed by atoms with Gasteiger partial charge in [-0.2, -0.15) is 0 Å². The van der Waals surface area contributed by atoms with Crippen molar-refractivity contribution in [1.29, 1.82) is 0 Å². The van der Waals surface area contributed by atoms with E-state index in [0.717, 1.165) is 12.2 Å². The molecule has 0 unspecified atom stereocenters. The first kappa shape index (κ1) is 9.16. The Kier molecular flexibility index (Phi) is 1.80. The summed E-state index contributed by atoms with van der Waals surface area (Å²) in [7, 11) is 0.